The summed E-state index contributed by atoms with van der Waals surface area (Å²) in [5.41, 5.74) is -0.170. The molecule has 15 heavy (non-hydrogen) atoms. The van der Waals surface area contributed by atoms with Gasteiger partial charge >= 0.3 is 0 Å². The largest absolute Gasteiger partial charge is 0.310 e. The van der Waals surface area contributed by atoms with Crippen LogP contribution in [0.1, 0.15) is 20.3 Å². The molecule has 1 aliphatic rings. The summed E-state index contributed by atoms with van der Waals surface area (Å²) in [4.78, 5) is 0. The van der Waals surface area contributed by atoms with Gasteiger partial charge < -0.3 is 5.32 Å². The number of hydrogen-bond acceptors (Lipinski definition) is 3. The van der Waals surface area contributed by atoms with Gasteiger partial charge in [-0.25, -0.2) is 8.42 Å². The van der Waals surface area contributed by atoms with Gasteiger partial charge in [-0.3, -0.25) is 0 Å². The number of rotatable bonds is 2. The van der Waals surface area contributed by atoms with E-state index in [1.165, 1.54) is 4.31 Å². The van der Waals surface area contributed by atoms with Crippen LogP contribution < -0.4 is 5.32 Å². The van der Waals surface area contributed by atoms with E-state index in [2.05, 4.69) is 11.9 Å². The maximum Gasteiger partial charge on any atom is 0.214 e. The van der Waals surface area contributed by atoms with Crippen molar-refractivity contribution in [2.45, 2.75) is 25.8 Å². The predicted octanol–water partition coefficient (Wildman–Crippen LogP) is 0.576. The zero-order chi connectivity index (χ0) is 11.5. The first-order valence-electron chi connectivity index (χ1n) is 5.21. The van der Waals surface area contributed by atoms with Crippen molar-refractivity contribution in [3.8, 4) is 0 Å². The van der Waals surface area contributed by atoms with Crippen molar-refractivity contribution >= 4 is 10.0 Å². The Morgan fingerprint density at radius 1 is 1.53 bits per heavy atom. The summed E-state index contributed by atoms with van der Waals surface area (Å²) in [6.45, 7) is 9.29. The lowest BCUT2D eigenvalue weighted by Crippen LogP contribution is -2.53. The lowest BCUT2D eigenvalue weighted by atomic mass is 10.1. The highest BCUT2D eigenvalue weighted by Gasteiger charge is 2.30. The second-order valence-corrected chi connectivity index (χ2v) is 6.65. The van der Waals surface area contributed by atoms with Crippen LogP contribution in [0.25, 0.3) is 0 Å². The van der Waals surface area contributed by atoms with Crippen LogP contribution in [0.2, 0.25) is 0 Å². The molecule has 0 bridgehead atoms. The van der Waals surface area contributed by atoms with Gasteiger partial charge in [0.25, 0.3) is 0 Å². The van der Waals surface area contributed by atoms with Gasteiger partial charge in [-0.2, -0.15) is 4.31 Å². The standard InChI is InChI=1S/C10H20N2O2S/c1-4-7-12-9-10(2,3)11-6-5-8-15(12,13)14/h4,11H,1,5-9H2,2-3H3. The van der Waals surface area contributed by atoms with Crippen molar-refractivity contribution in [1.82, 2.24) is 9.62 Å². The monoisotopic (exact) mass is 232 g/mol. The molecule has 1 saturated heterocycles. The molecule has 0 atom stereocenters. The van der Waals surface area contributed by atoms with Crippen LogP contribution in [0, 0.1) is 0 Å². The molecule has 0 aromatic heterocycles. The van der Waals surface area contributed by atoms with Crippen LogP contribution in [-0.4, -0.2) is 43.6 Å². The second-order valence-electron chi connectivity index (χ2n) is 4.56. The molecule has 5 heteroatoms. The maximum absolute atomic E-state index is 11.9. The SMILES string of the molecule is C=CCN1CC(C)(C)NCCCS1(=O)=O. The van der Waals surface area contributed by atoms with Crippen LogP contribution in [0.5, 0.6) is 0 Å². The fraction of sp³-hybridized carbons (Fsp3) is 0.800. The van der Waals surface area contributed by atoms with Crippen molar-refractivity contribution in [1.29, 1.82) is 0 Å². The third-order valence-corrected chi connectivity index (χ3v) is 4.35. The summed E-state index contributed by atoms with van der Waals surface area (Å²) in [6, 6.07) is 0. The predicted molar refractivity (Wildman–Crippen MR) is 62.3 cm³/mol. The van der Waals surface area contributed by atoms with Gasteiger partial charge in [0.15, 0.2) is 0 Å². The number of nitrogens with one attached hydrogen (secondary N) is 1. The van der Waals surface area contributed by atoms with Crippen LogP contribution in [-0.2, 0) is 10.0 Å². The average molecular weight is 232 g/mol. The molecule has 1 fully saturated rings. The molecule has 0 aromatic carbocycles. The Kier molecular flexibility index (Phi) is 3.92. The lowest BCUT2D eigenvalue weighted by molar-refractivity contribution is 0.290. The number of sulfonamides is 1. The molecule has 1 aliphatic heterocycles. The Bertz CT molecular complexity index is 322. The maximum atomic E-state index is 11.9. The molecule has 0 spiro atoms. The Labute approximate surface area is 92.4 Å². The molecule has 1 rings (SSSR count). The van der Waals surface area contributed by atoms with Gasteiger partial charge in [0.2, 0.25) is 10.0 Å². The Morgan fingerprint density at radius 3 is 2.80 bits per heavy atom. The summed E-state index contributed by atoms with van der Waals surface area (Å²) < 4.78 is 25.3. The quantitative estimate of drug-likeness (QED) is 0.708. The fourth-order valence-corrected chi connectivity index (χ4v) is 3.35. The van der Waals surface area contributed by atoms with Crippen molar-refractivity contribution in [2.24, 2.45) is 0 Å². The minimum absolute atomic E-state index is 0.170. The molecule has 0 aromatic rings. The zero-order valence-corrected chi connectivity index (χ0v) is 10.3. The minimum Gasteiger partial charge on any atom is -0.310 e. The van der Waals surface area contributed by atoms with Gasteiger partial charge in [-0.05, 0) is 26.8 Å². The molecule has 0 aliphatic carbocycles. The van der Waals surface area contributed by atoms with E-state index in [4.69, 9.17) is 0 Å². The Balaban J connectivity index is 2.87. The first-order chi connectivity index (χ1) is 6.87. The van der Waals surface area contributed by atoms with Gasteiger partial charge in [0.1, 0.15) is 0 Å². The molecule has 0 unspecified atom stereocenters. The third-order valence-electron chi connectivity index (χ3n) is 2.48. The van der Waals surface area contributed by atoms with Crippen LogP contribution in [0.3, 0.4) is 0 Å². The van der Waals surface area contributed by atoms with Gasteiger partial charge in [-0.1, -0.05) is 6.08 Å². The van der Waals surface area contributed by atoms with Crippen molar-refractivity contribution in [3.05, 3.63) is 12.7 Å². The van der Waals surface area contributed by atoms with E-state index >= 15 is 0 Å². The van der Waals surface area contributed by atoms with Crippen LogP contribution in [0.15, 0.2) is 12.7 Å². The summed E-state index contributed by atoms with van der Waals surface area (Å²) in [5, 5.41) is 3.35. The van der Waals surface area contributed by atoms with E-state index in [9.17, 15) is 8.42 Å². The van der Waals surface area contributed by atoms with E-state index in [-0.39, 0.29) is 11.3 Å². The molecular formula is C10H20N2O2S. The topological polar surface area (TPSA) is 49.4 Å². The molecule has 0 saturated carbocycles. The highest BCUT2D eigenvalue weighted by Crippen LogP contribution is 2.14. The molecule has 0 radical (unpaired) electrons. The Morgan fingerprint density at radius 2 is 2.20 bits per heavy atom. The van der Waals surface area contributed by atoms with E-state index in [0.29, 0.717) is 19.5 Å². The van der Waals surface area contributed by atoms with Crippen LogP contribution >= 0.6 is 0 Å². The smallest absolute Gasteiger partial charge is 0.214 e. The first kappa shape index (κ1) is 12.7. The van der Waals surface area contributed by atoms with Gasteiger partial charge in [0, 0.05) is 18.6 Å². The van der Waals surface area contributed by atoms with Crippen molar-refractivity contribution in [3.63, 3.8) is 0 Å². The zero-order valence-electron chi connectivity index (χ0n) is 9.49. The average Bonchev–Trinajstić information content (AvgIpc) is 2.10. The van der Waals surface area contributed by atoms with Gasteiger partial charge in [-0.15, -0.1) is 6.58 Å². The summed E-state index contributed by atoms with van der Waals surface area (Å²) >= 11 is 0. The second kappa shape index (κ2) is 4.63. The highest BCUT2D eigenvalue weighted by atomic mass is 32.2. The Hall–Kier alpha value is -0.390. The molecule has 1 heterocycles. The molecule has 1 N–H and O–H groups in total. The van der Waals surface area contributed by atoms with Gasteiger partial charge in [0.05, 0.1) is 5.75 Å². The summed E-state index contributed by atoms with van der Waals surface area (Å²) in [5.74, 6) is 0.226. The summed E-state index contributed by atoms with van der Waals surface area (Å²) in [6.07, 6.45) is 2.30. The van der Waals surface area contributed by atoms with E-state index in [0.717, 1.165) is 6.54 Å². The lowest BCUT2D eigenvalue weighted by Gasteiger charge is -2.34. The fourth-order valence-electron chi connectivity index (χ4n) is 1.73. The summed E-state index contributed by atoms with van der Waals surface area (Å²) in [7, 11) is -3.09. The first-order valence-corrected chi connectivity index (χ1v) is 6.82. The molecule has 88 valence electrons. The van der Waals surface area contributed by atoms with E-state index in [1.54, 1.807) is 6.08 Å². The van der Waals surface area contributed by atoms with E-state index < -0.39 is 10.0 Å². The third kappa shape index (κ3) is 3.59. The molecular weight excluding hydrogens is 212 g/mol. The van der Waals surface area contributed by atoms with Crippen LogP contribution in [0.4, 0.5) is 0 Å². The van der Waals surface area contributed by atoms with Crippen molar-refractivity contribution in [2.75, 3.05) is 25.4 Å². The van der Waals surface area contributed by atoms with Crippen molar-refractivity contribution < 1.29 is 8.42 Å². The minimum atomic E-state index is -3.09. The molecule has 4 nitrogen and oxygen atoms in total. The number of nitrogens with zero attached hydrogens (tertiary/aromatic N) is 1. The number of hydrogen-bond donors (Lipinski definition) is 1. The molecule has 0 amide bonds. The highest BCUT2D eigenvalue weighted by molar-refractivity contribution is 7.89. The normalized spacial score (nSPS) is 26.5. The van der Waals surface area contributed by atoms with E-state index in [1.807, 2.05) is 13.8 Å².